The second kappa shape index (κ2) is 3.26. The second-order valence-corrected chi connectivity index (χ2v) is 4.21. The molecule has 60 valence electrons. The van der Waals surface area contributed by atoms with E-state index >= 15 is 0 Å². The van der Waals surface area contributed by atoms with Gasteiger partial charge in [-0.3, -0.25) is 0 Å². The standard InChI is InChI=1S/C7H6BrFIN/c1-3-4(8)2-5(10)7(11)6(3)9/h2H,11H2,1H3. The van der Waals surface area contributed by atoms with Gasteiger partial charge in [0.25, 0.3) is 0 Å². The van der Waals surface area contributed by atoms with E-state index in [0.717, 1.165) is 8.04 Å². The molecule has 0 aliphatic rings. The van der Waals surface area contributed by atoms with Crippen molar-refractivity contribution >= 4 is 44.2 Å². The van der Waals surface area contributed by atoms with Crippen LogP contribution in [0.2, 0.25) is 0 Å². The highest BCUT2D eigenvalue weighted by molar-refractivity contribution is 14.1. The van der Waals surface area contributed by atoms with Crippen molar-refractivity contribution in [2.75, 3.05) is 5.73 Å². The Morgan fingerprint density at radius 1 is 1.64 bits per heavy atom. The molecule has 0 aliphatic heterocycles. The second-order valence-electron chi connectivity index (χ2n) is 2.19. The lowest BCUT2D eigenvalue weighted by Gasteiger charge is -2.04. The fourth-order valence-corrected chi connectivity index (χ4v) is 2.09. The molecule has 0 amide bonds. The van der Waals surface area contributed by atoms with Gasteiger partial charge in [-0.15, -0.1) is 0 Å². The van der Waals surface area contributed by atoms with Crippen LogP contribution in [0, 0.1) is 16.3 Å². The number of benzene rings is 1. The van der Waals surface area contributed by atoms with Gasteiger partial charge in [-0.05, 0) is 35.6 Å². The first-order valence-corrected chi connectivity index (χ1v) is 4.80. The predicted molar refractivity (Wildman–Crippen MR) is 56.0 cm³/mol. The van der Waals surface area contributed by atoms with Crippen LogP contribution in [0.1, 0.15) is 5.56 Å². The van der Waals surface area contributed by atoms with Crippen molar-refractivity contribution < 1.29 is 4.39 Å². The number of hydrogen-bond donors (Lipinski definition) is 1. The molecule has 1 rings (SSSR count). The summed E-state index contributed by atoms with van der Waals surface area (Å²) in [7, 11) is 0. The number of hydrogen-bond acceptors (Lipinski definition) is 1. The molecule has 1 aromatic rings. The average molecular weight is 330 g/mol. The third-order valence-electron chi connectivity index (χ3n) is 1.43. The zero-order valence-electron chi connectivity index (χ0n) is 5.79. The van der Waals surface area contributed by atoms with E-state index in [4.69, 9.17) is 5.73 Å². The molecular weight excluding hydrogens is 324 g/mol. The van der Waals surface area contributed by atoms with E-state index in [2.05, 4.69) is 15.9 Å². The number of nitrogens with two attached hydrogens (primary N) is 1. The molecule has 0 spiro atoms. The Hall–Kier alpha value is 0.160. The topological polar surface area (TPSA) is 26.0 Å². The Balaban J connectivity index is 3.46. The molecule has 0 saturated carbocycles. The van der Waals surface area contributed by atoms with Crippen LogP contribution in [0.4, 0.5) is 10.1 Å². The molecule has 4 heteroatoms. The van der Waals surface area contributed by atoms with Gasteiger partial charge in [0.05, 0.1) is 5.69 Å². The van der Waals surface area contributed by atoms with E-state index in [9.17, 15) is 4.39 Å². The average Bonchev–Trinajstić information content (AvgIpc) is 1.97. The van der Waals surface area contributed by atoms with Gasteiger partial charge in [-0.25, -0.2) is 4.39 Å². The van der Waals surface area contributed by atoms with Gasteiger partial charge in [-0.1, -0.05) is 15.9 Å². The van der Waals surface area contributed by atoms with Gasteiger partial charge in [0, 0.05) is 13.6 Å². The zero-order valence-corrected chi connectivity index (χ0v) is 9.53. The Morgan fingerprint density at radius 3 is 2.73 bits per heavy atom. The van der Waals surface area contributed by atoms with Gasteiger partial charge in [0.2, 0.25) is 0 Å². The smallest absolute Gasteiger partial charge is 0.151 e. The largest absolute Gasteiger partial charge is 0.395 e. The minimum absolute atomic E-state index is 0.228. The minimum Gasteiger partial charge on any atom is -0.395 e. The molecule has 0 aromatic heterocycles. The monoisotopic (exact) mass is 329 g/mol. The normalized spacial score (nSPS) is 10.2. The summed E-state index contributed by atoms with van der Waals surface area (Å²) < 4.78 is 14.6. The van der Waals surface area contributed by atoms with Crippen molar-refractivity contribution in [3.8, 4) is 0 Å². The van der Waals surface area contributed by atoms with Crippen LogP contribution < -0.4 is 5.73 Å². The highest BCUT2D eigenvalue weighted by Crippen LogP contribution is 2.27. The van der Waals surface area contributed by atoms with Crippen LogP contribution in [0.3, 0.4) is 0 Å². The van der Waals surface area contributed by atoms with Gasteiger partial charge >= 0.3 is 0 Å². The Kier molecular flexibility index (Phi) is 2.74. The van der Waals surface area contributed by atoms with E-state index in [1.54, 1.807) is 13.0 Å². The summed E-state index contributed by atoms with van der Waals surface area (Å²) in [5, 5.41) is 0. The highest BCUT2D eigenvalue weighted by atomic mass is 127. The maximum atomic E-state index is 13.1. The summed E-state index contributed by atoms with van der Waals surface area (Å²) in [6.07, 6.45) is 0. The fourth-order valence-electron chi connectivity index (χ4n) is 0.709. The molecule has 1 nitrogen and oxygen atoms in total. The Bertz CT molecular complexity index is 275. The number of anilines is 1. The fraction of sp³-hybridized carbons (Fsp3) is 0.143. The summed E-state index contributed by atoms with van der Waals surface area (Å²) in [5.41, 5.74) is 6.23. The van der Waals surface area contributed by atoms with Crippen LogP contribution in [-0.4, -0.2) is 0 Å². The summed E-state index contributed by atoms with van der Waals surface area (Å²) in [6, 6.07) is 1.80. The highest BCUT2D eigenvalue weighted by Gasteiger charge is 2.09. The molecular formula is C7H6BrFIN. The van der Waals surface area contributed by atoms with Gasteiger partial charge < -0.3 is 5.73 Å². The summed E-state index contributed by atoms with van der Waals surface area (Å²) in [5.74, 6) is -0.330. The van der Waals surface area contributed by atoms with E-state index in [1.165, 1.54) is 0 Å². The first-order chi connectivity index (χ1) is 5.04. The van der Waals surface area contributed by atoms with Crippen molar-refractivity contribution in [1.82, 2.24) is 0 Å². The number of halogens is 3. The van der Waals surface area contributed by atoms with Crippen molar-refractivity contribution in [2.24, 2.45) is 0 Å². The first kappa shape index (κ1) is 9.25. The minimum atomic E-state index is -0.330. The third-order valence-corrected chi connectivity index (χ3v) is 3.15. The summed E-state index contributed by atoms with van der Waals surface area (Å²) in [6.45, 7) is 1.69. The summed E-state index contributed by atoms with van der Waals surface area (Å²) >= 11 is 5.23. The van der Waals surface area contributed by atoms with Crippen molar-refractivity contribution in [2.45, 2.75) is 6.92 Å². The third kappa shape index (κ3) is 1.66. The Morgan fingerprint density at radius 2 is 2.18 bits per heavy atom. The van der Waals surface area contributed by atoms with E-state index in [0.29, 0.717) is 5.56 Å². The molecule has 0 radical (unpaired) electrons. The molecule has 0 heterocycles. The quantitative estimate of drug-likeness (QED) is 0.574. The van der Waals surface area contributed by atoms with E-state index < -0.39 is 0 Å². The molecule has 11 heavy (non-hydrogen) atoms. The molecule has 0 unspecified atom stereocenters. The van der Waals surface area contributed by atoms with Gasteiger partial charge in [0.15, 0.2) is 5.82 Å². The van der Waals surface area contributed by atoms with Crippen LogP contribution in [0.25, 0.3) is 0 Å². The van der Waals surface area contributed by atoms with Crippen molar-refractivity contribution in [3.63, 3.8) is 0 Å². The van der Waals surface area contributed by atoms with E-state index in [1.807, 2.05) is 22.6 Å². The maximum absolute atomic E-state index is 13.1. The number of rotatable bonds is 0. The van der Waals surface area contributed by atoms with Crippen LogP contribution in [-0.2, 0) is 0 Å². The van der Waals surface area contributed by atoms with Gasteiger partial charge in [0.1, 0.15) is 0 Å². The lowest BCUT2D eigenvalue weighted by molar-refractivity contribution is 0.621. The van der Waals surface area contributed by atoms with Crippen molar-refractivity contribution in [1.29, 1.82) is 0 Å². The van der Waals surface area contributed by atoms with Crippen molar-refractivity contribution in [3.05, 3.63) is 25.5 Å². The van der Waals surface area contributed by atoms with E-state index in [-0.39, 0.29) is 11.5 Å². The number of nitrogen functional groups attached to an aromatic ring is 1. The molecule has 1 aromatic carbocycles. The maximum Gasteiger partial charge on any atom is 0.151 e. The Labute approximate surface area is 86.4 Å². The zero-order chi connectivity index (χ0) is 8.59. The predicted octanol–water partition coefficient (Wildman–Crippen LogP) is 3.08. The molecule has 0 fully saturated rings. The molecule has 0 atom stereocenters. The van der Waals surface area contributed by atoms with Crippen LogP contribution in [0.15, 0.2) is 10.5 Å². The van der Waals surface area contributed by atoms with Gasteiger partial charge in [-0.2, -0.15) is 0 Å². The lowest BCUT2D eigenvalue weighted by Crippen LogP contribution is -1.97. The summed E-state index contributed by atoms with van der Waals surface area (Å²) in [4.78, 5) is 0. The molecule has 0 bridgehead atoms. The molecule has 2 N–H and O–H groups in total. The molecule has 0 aliphatic carbocycles. The van der Waals surface area contributed by atoms with Crippen LogP contribution >= 0.6 is 38.5 Å². The first-order valence-electron chi connectivity index (χ1n) is 2.93. The SMILES string of the molecule is Cc1c(Br)cc(I)c(N)c1F. The van der Waals surface area contributed by atoms with Crippen LogP contribution in [0.5, 0.6) is 0 Å². The molecule has 0 saturated heterocycles. The lowest BCUT2D eigenvalue weighted by atomic mass is 10.2.